The van der Waals surface area contributed by atoms with Crippen LogP contribution in [-0.2, 0) is 17.6 Å². The number of carbonyl (C=O) groups excluding carboxylic acids is 2. The molecule has 0 aliphatic rings. The summed E-state index contributed by atoms with van der Waals surface area (Å²) in [5.74, 6) is 2.52. The molecule has 6 nitrogen and oxygen atoms in total. The number of methoxy groups -OCH3 is 2. The number of benzene rings is 1. The number of nitrogens with one attached hydrogen (secondary N) is 1. The van der Waals surface area contributed by atoms with Crippen molar-refractivity contribution in [3.8, 4) is 11.5 Å². The lowest BCUT2D eigenvalue weighted by Crippen LogP contribution is -2.25. The Hall–Kier alpha value is -2.76. The van der Waals surface area contributed by atoms with Crippen molar-refractivity contribution in [3.05, 3.63) is 46.9 Å². The quantitative estimate of drug-likeness (QED) is 0.696. The van der Waals surface area contributed by atoms with Gasteiger partial charge in [0.05, 0.1) is 19.8 Å². The molecule has 140 valence electrons. The van der Waals surface area contributed by atoms with Gasteiger partial charge in [0.1, 0.15) is 11.5 Å². The number of hydrogen-bond donors (Lipinski definition) is 1. The highest BCUT2D eigenvalue weighted by atomic mass is 16.5. The Bertz CT molecular complexity index is 779. The average molecular weight is 359 g/mol. The zero-order chi connectivity index (χ0) is 19.1. The lowest BCUT2D eigenvalue weighted by molar-refractivity contribution is -0.121. The molecule has 0 saturated heterocycles. The molecule has 0 atom stereocenters. The summed E-state index contributed by atoms with van der Waals surface area (Å²) in [6, 6.07) is 7.42. The minimum atomic E-state index is -0.0519. The van der Waals surface area contributed by atoms with Crippen molar-refractivity contribution in [2.45, 2.75) is 33.1 Å². The van der Waals surface area contributed by atoms with Gasteiger partial charge in [-0.25, -0.2) is 0 Å². The Balaban J connectivity index is 1.79. The van der Waals surface area contributed by atoms with Crippen molar-refractivity contribution in [2.24, 2.45) is 0 Å². The number of ether oxygens (including phenoxy) is 2. The number of aryl methyl sites for hydroxylation is 2. The second-order valence-electron chi connectivity index (χ2n) is 6.03. The number of amides is 1. The maximum absolute atomic E-state index is 12.0. The van der Waals surface area contributed by atoms with Crippen molar-refractivity contribution < 1.29 is 23.5 Å². The first-order valence-corrected chi connectivity index (χ1v) is 8.52. The summed E-state index contributed by atoms with van der Waals surface area (Å²) in [5.41, 5.74) is 1.63. The van der Waals surface area contributed by atoms with Gasteiger partial charge in [0.15, 0.2) is 17.3 Å². The summed E-state index contributed by atoms with van der Waals surface area (Å²) in [6.07, 6.45) is 1.48. The molecular formula is C20H25NO5. The Kier molecular flexibility index (Phi) is 6.83. The van der Waals surface area contributed by atoms with Gasteiger partial charge in [-0.1, -0.05) is 6.07 Å². The van der Waals surface area contributed by atoms with Crippen LogP contribution in [0.2, 0.25) is 0 Å². The second kappa shape index (κ2) is 9.08. The van der Waals surface area contributed by atoms with E-state index in [1.165, 1.54) is 6.92 Å². The van der Waals surface area contributed by atoms with Crippen LogP contribution < -0.4 is 14.8 Å². The molecule has 0 aliphatic heterocycles. The number of furan rings is 1. The van der Waals surface area contributed by atoms with E-state index in [4.69, 9.17) is 13.9 Å². The van der Waals surface area contributed by atoms with E-state index in [1.807, 2.05) is 18.2 Å². The fourth-order valence-electron chi connectivity index (χ4n) is 2.72. The molecule has 1 aromatic heterocycles. The van der Waals surface area contributed by atoms with E-state index in [1.54, 1.807) is 27.2 Å². The fraction of sp³-hybridized carbons (Fsp3) is 0.400. The Labute approximate surface area is 153 Å². The third kappa shape index (κ3) is 5.12. The molecule has 26 heavy (non-hydrogen) atoms. The Morgan fingerprint density at radius 3 is 2.42 bits per heavy atom. The molecular weight excluding hydrogens is 334 g/mol. The molecule has 1 amide bonds. The van der Waals surface area contributed by atoms with E-state index in [-0.39, 0.29) is 11.7 Å². The van der Waals surface area contributed by atoms with Gasteiger partial charge in [0.2, 0.25) is 5.91 Å². The van der Waals surface area contributed by atoms with Crippen LogP contribution in [0.3, 0.4) is 0 Å². The molecule has 0 bridgehead atoms. The molecule has 0 radical (unpaired) electrons. The van der Waals surface area contributed by atoms with Gasteiger partial charge in [-0.05, 0) is 44.0 Å². The third-order valence-electron chi connectivity index (χ3n) is 4.13. The Morgan fingerprint density at radius 1 is 1.08 bits per heavy atom. The van der Waals surface area contributed by atoms with Crippen molar-refractivity contribution in [2.75, 3.05) is 20.8 Å². The fourth-order valence-corrected chi connectivity index (χ4v) is 2.72. The number of carbonyl (C=O) groups is 2. The standard InChI is InChI=1S/C20H25NO5/c1-13(22)17-12-16(26-14(17)2)6-8-20(23)21-10-9-15-5-7-18(24-3)19(11-15)25-4/h5,7,11-12H,6,8-10H2,1-4H3,(H,21,23). The summed E-state index contributed by atoms with van der Waals surface area (Å²) < 4.78 is 16.0. The minimum Gasteiger partial charge on any atom is -0.493 e. The van der Waals surface area contributed by atoms with Gasteiger partial charge in [-0.2, -0.15) is 0 Å². The van der Waals surface area contributed by atoms with Crippen LogP contribution >= 0.6 is 0 Å². The molecule has 1 aromatic carbocycles. The molecule has 0 fully saturated rings. The van der Waals surface area contributed by atoms with Gasteiger partial charge >= 0.3 is 0 Å². The molecule has 0 unspecified atom stereocenters. The van der Waals surface area contributed by atoms with Crippen LogP contribution in [-0.4, -0.2) is 32.5 Å². The van der Waals surface area contributed by atoms with Crippen LogP contribution in [0.5, 0.6) is 11.5 Å². The molecule has 1 N–H and O–H groups in total. The SMILES string of the molecule is COc1ccc(CCNC(=O)CCc2cc(C(C)=O)c(C)o2)cc1OC. The highest BCUT2D eigenvalue weighted by molar-refractivity contribution is 5.95. The highest BCUT2D eigenvalue weighted by Gasteiger charge is 2.12. The zero-order valence-corrected chi connectivity index (χ0v) is 15.7. The zero-order valence-electron chi connectivity index (χ0n) is 15.7. The van der Waals surface area contributed by atoms with E-state index in [0.29, 0.717) is 54.4 Å². The Morgan fingerprint density at radius 2 is 1.81 bits per heavy atom. The number of rotatable bonds is 9. The minimum absolute atomic E-state index is 0.0307. The third-order valence-corrected chi connectivity index (χ3v) is 4.13. The first kappa shape index (κ1) is 19.6. The number of Topliss-reactive ketones (excluding diaryl/α,β-unsaturated/α-hetero) is 1. The van der Waals surface area contributed by atoms with E-state index in [9.17, 15) is 9.59 Å². The summed E-state index contributed by atoms with van der Waals surface area (Å²) in [4.78, 5) is 23.4. The average Bonchev–Trinajstić information content (AvgIpc) is 3.00. The van der Waals surface area contributed by atoms with Crippen LogP contribution in [0.15, 0.2) is 28.7 Å². The van der Waals surface area contributed by atoms with Gasteiger partial charge in [-0.15, -0.1) is 0 Å². The van der Waals surface area contributed by atoms with E-state index in [2.05, 4.69) is 5.32 Å². The molecule has 1 heterocycles. The molecule has 0 aliphatic carbocycles. The van der Waals surface area contributed by atoms with E-state index in [0.717, 1.165) is 5.56 Å². The molecule has 2 aromatic rings. The normalized spacial score (nSPS) is 10.5. The first-order chi connectivity index (χ1) is 12.4. The predicted octanol–water partition coefficient (Wildman–Crippen LogP) is 3.10. The van der Waals surface area contributed by atoms with Crippen molar-refractivity contribution in [3.63, 3.8) is 0 Å². The first-order valence-electron chi connectivity index (χ1n) is 8.52. The van der Waals surface area contributed by atoms with Crippen LogP contribution in [0.25, 0.3) is 0 Å². The summed E-state index contributed by atoms with van der Waals surface area (Å²) in [6.45, 7) is 3.79. The van der Waals surface area contributed by atoms with Crippen LogP contribution in [0.4, 0.5) is 0 Å². The van der Waals surface area contributed by atoms with Crippen LogP contribution in [0.1, 0.15) is 40.8 Å². The van der Waals surface area contributed by atoms with Crippen molar-refractivity contribution >= 4 is 11.7 Å². The topological polar surface area (TPSA) is 77.8 Å². The lowest BCUT2D eigenvalue weighted by atomic mass is 10.1. The van der Waals surface area contributed by atoms with Crippen LogP contribution in [0, 0.1) is 6.92 Å². The molecule has 0 saturated carbocycles. The maximum Gasteiger partial charge on any atom is 0.220 e. The summed E-state index contributed by atoms with van der Waals surface area (Å²) in [7, 11) is 3.19. The van der Waals surface area contributed by atoms with Gasteiger partial charge in [0, 0.05) is 19.4 Å². The monoisotopic (exact) mass is 359 g/mol. The second-order valence-corrected chi connectivity index (χ2v) is 6.03. The molecule has 0 spiro atoms. The summed E-state index contributed by atoms with van der Waals surface area (Å²) in [5, 5.41) is 2.89. The smallest absolute Gasteiger partial charge is 0.220 e. The molecule has 6 heteroatoms. The number of ketones is 1. The van der Waals surface area contributed by atoms with Gasteiger partial charge < -0.3 is 19.2 Å². The highest BCUT2D eigenvalue weighted by Crippen LogP contribution is 2.27. The lowest BCUT2D eigenvalue weighted by Gasteiger charge is -2.10. The van der Waals surface area contributed by atoms with E-state index < -0.39 is 0 Å². The number of hydrogen-bond acceptors (Lipinski definition) is 5. The largest absolute Gasteiger partial charge is 0.493 e. The van der Waals surface area contributed by atoms with Gasteiger partial charge in [0.25, 0.3) is 0 Å². The van der Waals surface area contributed by atoms with E-state index >= 15 is 0 Å². The van der Waals surface area contributed by atoms with Gasteiger partial charge in [-0.3, -0.25) is 9.59 Å². The predicted molar refractivity (Wildman–Crippen MR) is 98.0 cm³/mol. The van der Waals surface area contributed by atoms with Crippen molar-refractivity contribution in [1.82, 2.24) is 5.32 Å². The summed E-state index contributed by atoms with van der Waals surface area (Å²) >= 11 is 0. The molecule has 2 rings (SSSR count). The maximum atomic E-state index is 12.0. The van der Waals surface area contributed by atoms with Crippen molar-refractivity contribution in [1.29, 1.82) is 0 Å².